The van der Waals surface area contributed by atoms with Gasteiger partial charge in [0.15, 0.2) is 12.4 Å². The van der Waals surface area contributed by atoms with E-state index >= 15 is 0 Å². The maximum Gasteiger partial charge on any atom is 0.312 e. The third-order valence-corrected chi connectivity index (χ3v) is 5.25. The fraction of sp³-hybridized carbons (Fsp3) is 0.500. The molecule has 0 unspecified atom stereocenters. The number of hydrogen-bond acceptors (Lipinski definition) is 6. The van der Waals surface area contributed by atoms with Crippen molar-refractivity contribution >= 4 is 21.6 Å². The molecule has 0 aliphatic carbocycles. The molecule has 1 aromatic rings. The Hall–Kier alpha value is -2.20. The second kappa shape index (κ2) is 8.60. The van der Waals surface area contributed by atoms with Crippen LogP contribution in [0.4, 0.5) is 5.69 Å². The van der Waals surface area contributed by atoms with Crippen molar-refractivity contribution in [3.63, 3.8) is 0 Å². The highest BCUT2D eigenvalue weighted by Gasteiger charge is 2.26. The molecule has 0 atom stereocenters. The van der Waals surface area contributed by atoms with Crippen LogP contribution in [-0.2, 0) is 14.8 Å². The molecule has 0 aromatic heterocycles. The number of hydrogen-bond donors (Lipinski definition) is 1. The van der Waals surface area contributed by atoms with Crippen LogP contribution in [0.25, 0.3) is 0 Å². The van der Waals surface area contributed by atoms with Crippen LogP contribution in [0.1, 0.15) is 20.8 Å². The molecule has 24 heavy (non-hydrogen) atoms. The zero-order valence-corrected chi connectivity index (χ0v) is 14.6. The number of amides is 1. The van der Waals surface area contributed by atoms with Crippen molar-refractivity contribution < 1.29 is 22.9 Å². The van der Waals surface area contributed by atoms with E-state index in [0.29, 0.717) is 6.54 Å². The number of ether oxygens (including phenoxy) is 1. The first-order chi connectivity index (χ1) is 11.3. The standard InChI is InChI=1S/C14H21N3O6S/c1-4-15-14(18)10-23-13-8-7-11(9-12(13)17(19)20)24(21,22)16(5-2)6-3/h7-9H,4-6,10H2,1-3H3,(H,15,18). The first-order valence-electron chi connectivity index (χ1n) is 7.45. The summed E-state index contributed by atoms with van der Waals surface area (Å²) in [5, 5.41) is 13.7. The number of nitro groups is 1. The van der Waals surface area contributed by atoms with Gasteiger partial charge in [-0.3, -0.25) is 14.9 Å². The second-order valence-corrected chi connectivity index (χ2v) is 6.66. The lowest BCUT2D eigenvalue weighted by Crippen LogP contribution is -2.30. The molecule has 0 heterocycles. The van der Waals surface area contributed by atoms with Crippen LogP contribution >= 0.6 is 0 Å². The van der Waals surface area contributed by atoms with Gasteiger partial charge in [0.05, 0.1) is 9.82 Å². The van der Waals surface area contributed by atoms with E-state index in [1.807, 2.05) is 0 Å². The molecule has 9 nitrogen and oxygen atoms in total. The maximum atomic E-state index is 12.4. The monoisotopic (exact) mass is 359 g/mol. The number of carbonyl (C=O) groups is 1. The quantitative estimate of drug-likeness (QED) is 0.522. The Morgan fingerprint density at radius 1 is 1.29 bits per heavy atom. The molecule has 0 aliphatic heterocycles. The number of sulfonamides is 1. The molecule has 1 amide bonds. The minimum absolute atomic E-state index is 0.162. The van der Waals surface area contributed by atoms with Crippen molar-refractivity contribution in [3.8, 4) is 5.75 Å². The summed E-state index contributed by atoms with van der Waals surface area (Å²) in [5.41, 5.74) is -0.507. The van der Waals surface area contributed by atoms with E-state index in [1.165, 1.54) is 16.4 Å². The van der Waals surface area contributed by atoms with Crippen LogP contribution in [0.5, 0.6) is 5.75 Å². The number of nitrogens with zero attached hydrogens (tertiary/aromatic N) is 2. The minimum Gasteiger partial charge on any atom is -0.477 e. The maximum absolute atomic E-state index is 12.4. The Labute approximate surface area is 140 Å². The van der Waals surface area contributed by atoms with E-state index in [4.69, 9.17) is 4.74 Å². The summed E-state index contributed by atoms with van der Waals surface area (Å²) < 4.78 is 31.2. The summed E-state index contributed by atoms with van der Waals surface area (Å²) in [6, 6.07) is 3.36. The van der Waals surface area contributed by atoms with Gasteiger partial charge in [-0.15, -0.1) is 0 Å². The lowest BCUT2D eigenvalue weighted by atomic mass is 10.3. The third kappa shape index (κ3) is 4.65. The van der Waals surface area contributed by atoms with E-state index in [1.54, 1.807) is 20.8 Å². The zero-order valence-electron chi connectivity index (χ0n) is 13.8. The Balaban J connectivity index is 3.16. The smallest absolute Gasteiger partial charge is 0.312 e. The second-order valence-electron chi connectivity index (χ2n) is 4.72. The Bertz CT molecular complexity index is 700. The van der Waals surface area contributed by atoms with Gasteiger partial charge in [-0.2, -0.15) is 4.31 Å². The molecule has 1 aromatic carbocycles. The highest BCUT2D eigenvalue weighted by atomic mass is 32.2. The van der Waals surface area contributed by atoms with Crippen LogP contribution in [0, 0.1) is 10.1 Å². The lowest BCUT2D eigenvalue weighted by Gasteiger charge is -2.18. The number of nitro benzene ring substituents is 1. The molecule has 0 spiro atoms. The molecule has 0 fully saturated rings. The molecule has 0 saturated carbocycles. The fourth-order valence-corrected chi connectivity index (χ4v) is 3.51. The van der Waals surface area contributed by atoms with E-state index < -0.39 is 33.1 Å². The number of likely N-dealkylation sites (N-methyl/N-ethyl adjacent to an activating group) is 1. The molecule has 0 radical (unpaired) electrons. The average Bonchev–Trinajstić information content (AvgIpc) is 2.53. The van der Waals surface area contributed by atoms with Crippen LogP contribution < -0.4 is 10.1 Å². The predicted octanol–water partition coefficient (Wildman–Crippen LogP) is 1.14. The van der Waals surface area contributed by atoms with Gasteiger partial charge in [-0.05, 0) is 19.1 Å². The predicted molar refractivity (Wildman–Crippen MR) is 87.4 cm³/mol. The highest BCUT2D eigenvalue weighted by Crippen LogP contribution is 2.30. The molecule has 134 valence electrons. The molecule has 0 bridgehead atoms. The Kier molecular flexibility index (Phi) is 7.11. The molecular formula is C14H21N3O6S. The number of nitrogens with one attached hydrogen (secondary N) is 1. The van der Waals surface area contributed by atoms with Crippen LogP contribution in [-0.4, -0.2) is 49.8 Å². The number of benzene rings is 1. The fourth-order valence-electron chi connectivity index (χ4n) is 2.03. The molecule has 1 rings (SSSR count). The van der Waals surface area contributed by atoms with Gasteiger partial charge in [0, 0.05) is 25.7 Å². The molecule has 0 saturated heterocycles. The normalized spacial score (nSPS) is 11.3. The van der Waals surface area contributed by atoms with Crippen molar-refractivity contribution in [1.29, 1.82) is 0 Å². The average molecular weight is 359 g/mol. The van der Waals surface area contributed by atoms with Crippen molar-refractivity contribution in [2.45, 2.75) is 25.7 Å². The molecule has 1 N–H and O–H groups in total. The van der Waals surface area contributed by atoms with Crippen molar-refractivity contribution in [2.75, 3.05) is 26.2 Å². The summed E-state index contributed by atoms with van der Waals surface area (Å²) in [6.45, 7) is 5.61. The lowest BCUT2D eigenvalue weighted by molar-refractivity contribution is -0.386. The summed E-state index contributed by atoms with van der Waals surface area (Å²) >= 11 is 0. The van der Waals surface area contributed by atoms with E-state index in [0.717, 1.165) is 6.07 Å². The summed E-state index contributed by atoms with van der Waals surface area (Å²) in [6.07, 6.45) is 0. The van der Waals surface area contributed by atoms with Crippen molar-refractivity contribution in [2.24, 2.45) is 0 Å². The van der Waals surface area contributed by atoms with Crippen LogP contribution in [0.3, 0.4) is 0 Å². The molecule has 10 heteroatoms. The van der Waals surface area contributed by atoms with Gasteiger partial charge in [-0.1, -0.05) is 13.8 Å². The van der Waals surface area contributed by atoms with Gasteiger partial charge >= 0.3 is 5.69 Å². The SMILES string of the molecule is CCNC(=O)COc1ccc(S(=O)(=O)N(CC)CC)cc1[N+](=O)[O-]. The summed E-state index contributed by atoms with van der Waals surface area (Å²) in [4.78, 5) is 21.6. The molecule has 0 aliphatic rings. The van der Waals surface area contributed by atoms with E-state index in [2.05, 4.69) is 5.32 Å². The third-order valence-electron chi connectivity index (χ3n) is 3.20. The largest absolute Gasteiger partial charge is 0.477 e. The van der Waals surface area contributed by atoms with Crippen LogP contribution in [0.2, 0.25) is 0 Å². The first kappa shape index (κ1) is 19.8. The Morgan fingerprint density at radius 2 is 1.92 bits per heavy atom. The Morgan fingerprint density at radius 3 is 2.42 bits per heavy atom. The van der Waals surface area contributed by atoms with Crippen molar-refractivity contribution in [1.82, 2.24) is 9.62 Å². The van der Waals surface area contributed by atoms with E-state index in [9.17, 15) is 23.3 Å². The first-order valence-corrected chi connectivity index (χ1v) is 8.89. The minimum atomic E-state index is -3.82. The van der Waals surface area contributed by atoms with Gasteiger partial charge in [0.1, 0.15) is 0 Å². The number of carbonyl (C=O) groups excluding carboxylic acids is 1. The van der Waals surface area contributed by atoms with E-state index in [-0.39, 0.29) is 23.7 Å². The van der Waals surface area contributed by atoms with Gasteiger partial charge in [0.25, 0.3) is 5.91 Å². The van der Waals surface area contributed by atoms with Crippen molar-refractivity contribution in [3.05, 3.63) is 28.3 Å². The van der Waals surface area contributed by atoms with Gasteiger partial charge in [-0.25, -0.2) is 8.42 Å². The summed E-state index contributed by atoms with van der Waals surface area (Å²) in [7, 11) is -3.82. The van der Waals surface area contributed by atoms with Gasteiger partial charge in [0.2, 0.25) is 10.0 Å². The van der Waals surface area contributed by atoms with Gasteiger partial charge < -0.3 is 10.1 Å². The zero-order chi connectivity index (χ0) is 18.3. The highest BCUT2D eigenvalue weighted by molar-refractivity contribution is 7.89. The number of rotatable bonds is 9. The molecular weight excluding hydrogens is 338 g/mol. The van der Waals surface area contributed by atoms with Crippen LogP contribution in [0.15, 0.2) is 23.1 Å². The topological polar surface area (TPSA) is 119 Å². The summed E-state index contributed by atoms with van der Waals surface area (Å²) in [5.74, 6) is -0.587.